The summed E-state index contributed by atoms with van der Waals surface area (Å²) in [6, 6.07) is 1.54. The van der Waals surface area contributed by atoms with Crippen molar-refractivity contribution >= 4 is 11.7 Å². The highest BCUT2D eigenvalue weighted by molar-refractivity contribution is 5.95. The first-order chi connectivity index (χ1) is 9.51. The van der Waals surface area contributed by atoms with Crippen molar-refractivity contribution in [3.63, 3.8) is 0 Å². The highest BCUT2D eigenvalue weighted by Crippen LogP contribution is 2.09. The predicted molar refractivity (Wildman–Crippen MR) is 75.7 cm³/mol. The van der Waals surface area contributed by atoms with Gasteiger partial charge in [-0.3, -0.25) is 4.79 Å². The van der Waals surface area contributed by atoms with Crippen LogP contribution in [0.25, 0.3) is 0 Å². The molecule has 0 saturated heterocycles. The van der Waals surface area contributed by atoms with Crippen molar-refractivity contribution in [3.05, 3.63) is 23.0 Å². The van der Waals surface area contributed by atoms with Gasteiger partial charge >= 0.3 is 0 Å². The summed E-state index contributed by atoms with van der Waals surface area (Å²) in [6.45, 7) is 5.63. The van der Waals surface area contributed by atoms with E-state index in [0.29, 0.717) is 36.2 Å². The highest BCUT2D eigenvalue weighted by Gasteiger charge is 2.17. The Hall–Kier alpha value is -2.18. The molecule has 0 spiro atoms. The molecule has 20 heavy (non-hydrogen) atoms. The van der Waals surface area contributed by atoms with Gasteiger partial charge in [0.15, 0.2) is 0 Å². The molecule has 1 unspecified atom stereocenters. The maximum atomic E-state index is 12.3. The Bertz CT molecular complexity index is 502. The Labute approximate surface area is 118 Å². The van der Waals surface area contributed by atoms with Crippen LogP contribution in [0.2, 0.25) is 0 Å². The van der Waals surface area contributed by atoms with E-state index in [1.807, 2.05) is 13.8 Å². The Morgan fingerprint density at radius 3 is 2.75 bits per heavy atom. The molecule has 110 valence electrons. The molecule has 7 heteroatoms. The molecule has 0 fully saturated rings. The lowest BCUT2D eigenvalue weighted by Crippen LogP contribution is -2.38. The number of carbonyl (C=O) groups excluding carboxylic acids is 1. The van der Waals surface area contributed by atoms with Crippen LogP contribution in [-0.4, -0.2) is 33.2 Å². The van der Waals surface area contributed by atoms with Crippen LogP contribution in [0, 0.1) is 6.92 Å². The second-order valence-electron chi connectivity index (χ2n) is 4.57. The van der Waals surface area contributed by atoms with Gasteiger partial charge in [0.05, 0.1) is 17.0 Å². The number of hydrogen-bond donors (Lipinski definition) is 3. The van der Waals surface area contributed by atoms with Crippen molar-refractivity contribution in [1.29, 1.82) is 0 Å². The van der Waals surface area contributed by atoms with Crippen LogP contribution in [0.5, 0.6) is 0 Å². The number of aromatic nitrogens is 2. The smallest absolute Gasteiger partial charge is 0.253 e. The van der Waals surface area contributed by atoms with E-state index in [-0.39, 0.29) is 17.8 Å². The van der Waals surface area contributed by atoms with Gasteiger partial charge in [-0.2, -0.15) is 10.2 Å². The molecule has 1 atom stereocenters. The fourth-order valence-electron chi connectivity index (χ4n) is 1.83. The van der Waals surface area contributed by atoms with Crippen LogP contribution in [-0.2, 0) is 6.42 Å². The average molecular weight is 279 g/mol. The molecule has 4 N–H and O–H groups in total. The molecule has 0 aliphatic rings. The molecule has 1 heterocycles. The molecule has 0 saturated carbocycles. The van der Waals surface area contributed by atoms with Crippen LogP contribution < -0.4 is 11.1 Å². The maximum absolute atomic E-state index is 12.3. The molecule has 1 amide bonds. The lowest BCUT2D eigenvalue weighted by atomic mass is 10.1. The van der Waals surface area contributed by atoms with E-state index in [4.69, 9.17) is 10.9 Å². The van der Waals surface area contributed by atoms with Crippen molar-refractivity contribution in [2.24, 2.45) is 10.9 Å². The first-order valence-corrected chi connectivity index (χ1v) is 6.62. The van der Waals surface area contributed by atoms with Gasteiger partial charge in [0.25, 0.3) is 5.91 Å². The summed E-state index contributed by atoms with van der Waals surface area (Å²) in [5.41, 5.74) is 7.35. The Morgan fingerprint density at radius 2 is 2.20 bits per heavy atom. The predicted octanol–water partition coefficient (Wildman–Crippen LogP) is 0.992. The zero-order valence-electron chi connectivity index (χ0n) is 12.1. The van der Waals surface area contributed by atoms with E-state index in [1.54, 1.807) is 13.0 Å². The zero-order valence-corrected chi connectivity index (χ0v) is 12.1. The van der Waals surface area contributed by atoms with Crippen LogP contribution in [0.15, 0.2) is 11.2 Å². The molecule has 0 aliphatic carbocycles. The normalized spacial score (nSPS) is 13.1. The van der Waals surface area contributed by atoms with Crippen LogP contribution in [0.3, 0.4) is 0 Å². The number of oxime groups is 1. The summed E-state index contributed by atoms with van der Waals surface area (Å²) in [7, 11) is 0. The standard InChI is InChI=1S/C13H21N5O2/c1-4-9(7-12(14)18-20)15-13(19)10-6-8(3)16-17-11(10)5-2/h6,9,20H,4-5,7H2,1-3H3,(H2,14,18)(H,15,19). The molecule has 7 nitrogen and oxygen atoms in total. The van der Waals surface area contributed by atoms with Gasteiger partial charge in [0, 0.05) is 12.5 Å². The molecule has 0 bridgehead atoms. The highest BCUT2D eigenvalue weighted by atomic mass is 16.4. The third kappa shape index (κ3) is 4.18. The lowest BCUT2D eigenvalue weighted by molar-refractivity contribution is 0.0935. The summed E-state index contributed by atoms with van der Waals surface area (Å²) < 4.78 is 0. The molecular weight excluding hydrogens is 258 g/mol. The first kappa shape index (κ1) is 15.9. The van der Waals surface area contributed by atoms with Gasteiger partial charge in [-0.05, 0) is 25.8 Å². The largest absolute Gasteiger partial charge is 0.409 e. The fourth-order valence-corrected chi connectivity index (χ4v) is 1.83. The number of nitrogens with one attached hydrogen (secondary N) is 1. The minimum atomic E-state index is -0.211. The number of amidine groups is 1. The van der Waals surface area contributed by atoms with Gasteiger partial charge in [0.1, 0.15) is 5.84 Å². The molecule has 0 aromatic carbocycles. The number of amides is 1. The van der Waals surface area contributed by atoms with Crippen molar-refractivity contribution in [2.45, 2.75) is 46.1 Å². The van der Waals surface area contributed by atoms with E-state index in [0.717, 1.165) is 0 Å². The molecule has 1 aromatic rings. The van der Waals surface area contributed by atoms with Gasteiger partial charge in [0.2, 0.25) is 0 Å². The monoisotopic (exact) mass is 279 g/mol. The van der Waals surface area contributed by atoms with Crippen molar-refractivity contribution in [1.82, 2.24) is 15.5 Å². The number of aryl methyl sites for hydroxylation is 2. The number of nitrogens with two attached hydrogens (primary N) is 1. The Balaban J connectivity index is 2.86. The van der Waals surface area contributed by atoms with Crippen LogP contribution in [0.4, 0.5) is 0 Å². The van der Waals surface area contributed by atoms with Gasteiger partial charge < -0.3 is 16.3 Å². The quantitative estimate of drug-likeness (QED) is 0.311. The Morgan fingerprint density at radius 1 is 1.50 bits per heavy atom. The van der Waals surface area contributed by atoms with Gasteiger partial charge in [-0.1, -0.05) is 19.0 Å². The molecular formula is C13H21N5O2. The van der Waals surface area contributed by atoms with Crippen LogP contribution in [0.1, 0.15) is 48.4 Å². The van der Waals surface area contributed by atoms with Gasteiger partial charge in [-0.25, -0.2) is 0 Å². The second-order valence-corrected chi connectivity index (χ2v) is 4.57. The molecule has 1 rings (SSSR count). The molecule has 0 radical (unpaired) electrons. The van der Waals surface area contributed by atoms with Crippen molar-refractivity contribution < 1.29 is 10.0 Å². The number of nitrogens with zero attached hydrogens (tertiary/aromatic N) is 3. The summed E-state index contributed by atoms with van der Waals surface area (Å²) in [4.78, 5) is 12.3. The third-order valence-corrected chi connectivity index (χ3v) is 2.98. The summed E-state index contributed by atoms with van der Waals surface area (Å²) in [5.74, 6) is -0.116. The Kier molecular flexibility index (Phi) is 5.89. The van der Waals surface area contributed by atoms with E-state index in [2.05, 4.69) is 20.7 Å². The fraction of sp³-hybridized carbons (Fsp3) is 0.538. The molecule has 1 aromatic heterocycles. The van der Waals surface area contributed by atoms with Crippen molar-refractivity contribution in [3.8, 4) is 0 Å². The topological polar surface area (TPSA) is 113 Å². The van der Waals surface area contributed by atoms with E-state index >= 15 is 0 Å². The van der Waals surface area contributed by atoms with E-state index < -0.39 is 0 Å². The number of carbonyl (C=O) groups is 1. The number of hydrogen-bond acceptors (Lipinski definition) is 5. The minimum absolute atomic E-state index is 0.0944. The third-order valence-electron chi connectivity index (χ3n) is 2.98. The van der Waals surface area contributed by atoms with Gasteiger partial charge in [-0.15, -0.1) is 0 Å². The SMILES string of the molecule is CCc1nnc(C)cc1C(=O)NC(CC)C/C(N)=N/O. The van der Waals surface area contributed by atoms with Crippen LogP contribution >= 0.6 is 0 Å². The number of rotatable bonds is 6. The summed E-state index contributed by atoms with van der Waals surface area (Å²) in [6.07, 6.45) is 1.62. The zero-order chi connectivity index (χ0) is 15.1. The van der Waals surface area contributed by atoms with E-state index in [1.165, 1.54) is 0 Å². The second kappa shape index (κ2) is 7.42. The maximum Gasteiger partial charge on any atom is 0.253 e. The summed E-state index contributed by atoms with van der Waals surface area (Å²) >= 11 is 0. The summed E-state index contributed by atoms with van der Waals surface area (Å²) in [5, 5.41) is 22.4. The minimum Gasteiger partial charge on any atom is -0.409 e. The molecule has 0 aliphatic heterocycles. The lowest BCUT2D eigenvalue weighted by Gasteiger charge is -2.17. The first-order valence-electron chi connectivity index (χ1n) is 6.62. The van der Waals surface area contributed by atoms with E-state index in [9.17, 15) is 4.79 Å². The average Bonchev–Trinajstić information content (AvgIpc) is 2.45. The van der Waals surface area contributed by atoms with Crippen molar-refractivity contribution in [2.75, 3.05) is 0 Å².